The van der Waals surface area contributed by atoms with Gasteiger partial charge in [-0.1, -0.05) is 72.8 Å². The summed E-state index contributed by atoms with van der Waals surface area (Å²) in [7, 11) is 0. The van der Waals surface area contributed by atoms with E-state index >= 15 is 0 Å². The summed E-state index contributed by atoms with van der Waals surface area (Å²) in [4.78, 5) is 0. The molecule has 126 valence electrons. The third-order valence-corrected chi connectivity index (χ3v) is 4.32. The lowest BCUT2D eigenvalue weighted by Gasteiger charge is -2.09. The van der Waals surface area contributed by atoms with Crippen molar-refractivity contribution in [2.24, 2.45) is 10.2 Å². The van der Waals surface area contributed by atoms with E-state index in [4.69, 9.17) is 0 Å². The highest BCUT2D eigenvalue weighted by Crippen LogP contribution is 2.40. The molecule has 1 heterocycles. The average Bonchev–Trinajstić information content (AvgIpc) is 3.02. The lowest BCUT2D eigenvalue weighted by molar-refractivity contribution is 0.873. The Kier molecular flexibility index (Phi) is 4.44. The number of azo groups is 1. The maximum absolute atomic E-state index is 4.65. The minimum absolute atomic E-state index is 0.714. The van der Waals surface area contributed by atoms with Crippen molar-refractivity contribution in [3.8, 4) is 11.3 Å². The van der Waals surface area contributed by atoms with E-state index in [-0.39, 0.29) is 0 Å². The SMILES string of the molecule is C=CCn1c(-c2ccccc2)c(N=Nc2ccccc2)c2ccccc21. The van der Waals surface area contributed by atoms with Gasteiger partial charge in [-0.05, 0) is 18.2 Å². The number of rotatable bonds is 5. The number of hydrogen-bond donors (Lipinski definition) is 0. The van der Waals surface area contributed by atoms with Crippen LogP contribution >= 0.6 is 0 Å². The Labute approximate surface area is 152 Å². The molecule has 3 aromatic carbocycles. The van der Waals surface area contributed by atoms with Gasteiger partial charge in [0.25, 0.3) is 0 Å². The number of allylic oxidation sites excluding steroid dienone is 1. The van der Waals surface area contributed by atoms with Gasteiger partial charge in [0.15, 0.2) is 0 Å². The van der Waals surface area contributed by atoms with E-state index in [1.54, 1.807) is 0 Å². The topological polar surface area (TPSA) is 29.6 Å². The van der Waals surface area contributed by atoms with Gasteiger partial charge in [0, 0.05) is 17.5 Å². The van der Waals surface area contributed by atoms with Gasteiger partial charge in [-0.15, -0.1) is 11.7 Å². The molecule has 4 aromatic rings. The molecule has 0 saturated heterocycles. The van der Waals surface area contributed by atoms with Crippen molar-refractivity contribution >= 4 is 22.3 Å². The summed E-state index contributed by atoms with van der Waals surface area (Å²) in [6.45, 7) is 4.64. The number of hydrogen-bond acceptors (Lipinski definition) is 2. The summed E-state index contributed by atoms with van der Waals surface area (Å²) < 4.78 is 2.25. The van der Waals surface area contributed by atoms with Crippen molar-refractivity contribution in [1.82, 2.24) is 4.57 Å². The predicted octanol–water partition coefficient (Wildman–Crippen LogP) is 6.91. The third-order valence-electron chi connectivity index (χ3n) is 4.32. The smallest absolute Gasteiger partial charge is 0.119 e. The monoisotopic (exact) mass is 337 g/mol. The number of benzene rings is 3. The highest BCUT2D eigenvalue weighted by atomic mass is 15.1. The molecule has 0 unspecified atom stereocenters. The number of fused-ring (bicyclic) bond motifs is 1. The second kappa shape index (κ2) is 7.19. The van der Waals surface area contributed by atoms with Crippen LogP contribution in [0.4, 0.5) is 11.4 Å². The lowest BCUT2D eigenvalue weighted by Crippen LogP contribution is -1.97. The molecule has 0 aliphatic rings. The molecule has 0 fully saturated rings. The quantitative estimate of drug-likeness (QED) is 0.280. The molecule has 0 saturated carbocycles. The second-order valence-corrected chi connectivity index (χ2v) is 6.02. The molecule has 0 aliphatic heterocycles. The normalized spacial score (nSPS) is 11.2. The lowest BCUT2D eigenvalue weighted by atomic mass is 10.1. The summed E-state index contributed by atoms with van der Waals surface area (Å²) in [5.41, 5.74) is 5.04. The van der Waals surface area contributed by atoms with E-state index in [0.29, 0.717) is 6.54 Å². The Morgan fingerprint density at radius 3 is 2.15 bits per heavy atom. The first-order valence-corrected chi connectivity index (χ1v) is 8.63. The van der Waals surface area contributed by atoms with E-state index < -0.39 is 0 Å². The largest absolute Gasteiger partial charge is 0.335 e. The van der Waals surface area contributed by atoms with Crippen molar-refractivity contribution in [1.29, 1.82) is 0 Å². The Morgan fingerprint density at radius 2 is 1.42 bits per heavy atom. The maximum atomic E-state index is 4.65. The van der Waals surface area contributed by atoms with Gasteiger partial charge in [0.2, 0.25) is 0 Å². The van der Waals surface area contributed by atoms with Crippen molar-refractivity contribution in [2.45, 2.75) is 6.54 Å². The molecule has 0 aliphatic carbocycles. The predicted molar refractivity (Wildman–Crippen MR) is 108 cm³/mol. The number of nitrogens with zero attached hydrogens (tertiary/aromatic N) is 3. The first kappa shape index (κ1) is 16.0. The molecule has 0 N–H and O–H groups in total. The van der Waals surface area contributed by atoms with E-state index in [9.17, 15) is 0 Å². The first-order valence-electron chi connectivity index (χ1n) is 8.63. The van der Waals surface area contributed by atoms with Crippen LogP contribution in [0.15, 0.2) is 108 Å². The fourth-order valence-electron chi connectivity index (χ4n) is 3.20. The molecular formula is C23H19N3. The average molecular weight is 337 g/mol. The second-order valence-electron chi connectivity index (χ2n) is 6.02. The zero-order valence-corrected chi connectivity index (χ0v) is 14.4. The Bertz CT molecular complexity index is 1060. The van der Waals surface area contributed by atoms with Gasteiger partial charge >= 0.3 is 0 Å². The number of para-hydroxylation sites is 1. The summed E-state index contributed by atoms with van der Waals surface area (Å²) >= 11 is 0. The van der Waals surface area contributed by atoms with Gasteiger partial charge in [0.1, 0.15) is 5.69 Å². The van der Waals surface area contributed by atoms with Crippen molar-refractivity contribution in [2.75, 3.05) is 0 Å². The van der Waals surface area contributed by atoms with Crippen LogP contribution in [0.25, 0.3) is 22.2 Å². The highest BCUT2D eigenvalue weighted by Gasteiger charge is 2.17. The number of aromatic nitrogens is 1. The molecule has 0 bridgehead atoms. The highest BCUT2D eigenvalue weighted by molar-refractivity contribution is 6.00. The van der Waals surface area contributed by atoms with E-state index in [1.165, 1.54) is 0 Å². The minimum atomic E-state index is 0.714. The Hall–Kier alpha value is -3.46. The van der Waals surface area contributed by atoms with Crippen LogP contribution in [0.2, 0.25) is 0 Å². The first-order chi connectivity index (χ1) is 12.9. The maximum Gasteiger partial charge on any atom is 0.119 e. The minimum Gasteiger partial charge on any atom is -0.335 e. The van der Waals surface area contributed by atoms with Crippen LogP contribution in [0.1, 0.15) is 0 Å². The van der Waals surface area contributed by atoms with E-state index in [1.807, 2.05) is 60.7 Å². The van der Waals surface area contributed by atoms with Crippen LogP contribution < -0.4 is 0 Å². The standard InChI is InChI=1S/C23H19N3/c1-2-17-26-21-16-10-9-15-20(21)22(23(26)18-11-5-3-6-12-18)25-24-19-13-7-4-8-14-19/h2-16H,1,17H2. The fourth-order valence-corrected chi connectivity index (χ4v) is 3.20. The van der Waals surface area contributed by atoms with Gasteiger partial charge in [-0.2, -0.15) is 5.11 Å². The molecule has 26 heavy (non-hydrogen) atoms. The van der Waals surface area contributed by atoms with Crippen molar-refractivity contribution in [3.63, 3.8) is 0 Å². The summed E-state index contributed by atoms with van der Waals surface area (Å²) in [5.74, 6) is 0. The summed E-state index contributed by atoms with van der Waals surface area (Å²) in [6.07, 6.45) is 1.91. The van der Waals surface area contributed by atoms with Gasteiger partial charge < -0.3 is 4.57 Å². The molecule has 3 nitrogen and oxygen atoms in total. The van der Waals surface area contributed by atoms with Gasteiger partial charge in [-0.25, -0.2) is 0 Å². The molecule has 0 radical (unpaired) electrons. The molecular weight excluding hydrogens is 318 g/mol. The van der Waals surface area contributed by atoms with Crippen molar-refractivity contribution in [3.05, 3.63) is 97.6 Å². The van der Waals surface area contributed by atoms with Gasteiger partial charge in [0.05, 0.1) is 16.9 Å². The summed E-state index contributed by atoms with van der Waals surface area (Å²) in [5, 5.41) is 10.2. The Morgan fingerprint density at radius 1 is 0.769 bits per heavy atom. The zero-order valence-electron chi connectivity index (χ0n) is 14.4. The van der Waals surface area contributed by atoms with Gasteiger partial charge in [-0.3, -0.25) is 0 Å². The zero-order chi connectivity index (χ0) is 17.8. The van der Waals surface area contributed by atoms with Crippen LogP contribution in [-0.2, 0) is 6.54 Å². The fraction of sp³-hybridized carbons (Fsp3) is 0.0435. The Balaban J connectivity index is 1.98. The van der Waals surface area contributed by atoms with Crippen LogP contribution in [0, 0.1) is 0 Å². The van der Waals surface area contributed by atoms with E-state index in [2.05, 4.69) is 51.7 Å². The molecule has 3 heteroatoms. The molecule has 4 rings (SSSR count). The van der Waals surface area contributed by atoms with E-state index in [0.717, 1.165) is 33.5 Å². The van der Waals surface area contributed by atoms with Crippen LogP contribution in [0.3, 0.4) is 0 Å². The molecule has 0 amide bonds. The van der Waals surface area contributed by atoms with Crippen LogP contribution in [0.5, 0.6) is 0 Å². The summed E-state index contributed by atoms with van der Waals surface area (Å²) in [6, 6.07) is 28.4. The third kappa shape index (κ3) is 2.95. The van der Waals surface area contributed by atoms with Crippen LogP contribution in [-0.4, -0.2) is 4.57 Å². The molecule has 0 spiro atoms. The molecule has 1 aromatic heterocycles. The molecule has 0 atom stereocenters. The van der Waals surface area contributed by atoms with Crippen molar-refractivity contribution < 1.29 is 0 Å².